The van der Waals surface area contributed by atoms with E-state index < -0.39 is 11.8 Å². The number of aromatic nitrogens is 2. The summed E-state index contributed by atoms with van der Waals surface area (Å²) in [6.45, 7) is 4.24. The fourth-order valence-corrected chi connectivity index (χ4v) is 3.23. The predicted molar refractivity (Wildman–Crippen MR) is 118 cm³/mol. The molecule has 0 saturated carbocycles. The highest BCUT2D eigenvalue weighted by atomic mass is 35.5. The molecule has 0 radical (unpaired) electrons. The van der Waals surface area contributed by atoms with Crippen LogP contribution in [0.2, 0.25) is 5.02 Å². The minimum Gasteiger partial charge on any atom is -0.493 e. The average molecular weight is 443 g/mol. The second-order valence-electron chi connectivity index (χ2n) is 6.63. The molecule has 0 spiro atoms. The number of carbonyl (C=O) groups excluding carboxylic acids is 2. The predicted octanol–water partition coefficient (Wildman–Crippen LogP) is 3.57. The van der Waals surface area contributed by atoms with Crippen LogP contribution in [0.25, 0.3) is 11.7 Å². The van der Waals surface area contributed by atoms with E-state index in [0.717, 1.165) is 6.42 Å². The van der Waals surface area contributed by atoms with Crippen LogP contribution in [0.1, 0.15) is 35.1 Å². The summed E-state index contributed by atoms with van der Waals surface area (Å²) in [5.74, 6) is -0.0537. The van der Waals surface area contributed by atoms with Gasteiger partial charge in [-0.05, 0) is 49.2 Å². The summed E-state index contributed by atoms with van der Waals surface area (Å²) in [6.07, 6.45) is 5.40. The van der Waals surface area contributed by atoms with Crippen LogP contribution in [-0.2, 0) is 4.79 Å². The molecule has 0 aliphatic rings. The third-order valence-corrected chi connectivity index (χ3v) is 4.63. The summed E-state index contributed by atoms with van der Waals surface area (Å²) in [4.78, 5) is 29.0. The maximum atomic E-state index is 12.5. The molecule has 0 bridgehead atoms. The molecule has 2 heterocycles. The Balaban J connectivity index is 1.66. The molecule has 1 aromatic carbocycles. The maximum Gasteiger partial charge on any atom is 0.288 e. The fraction of sp³-hybridized carbons (Fsp3) is 0.227. The van der Waals surface area contributed by atoms with Gasteiger partial charge in [0.15, 0.2) is 11.5 Å². The van der Waals surface area contributed by atoms with Crippen LogP contribution >= 0.6 is 11.6 Å². The van der Waals surface area contributed by atoms with E-state index in [1.54, 1.807) is 47.9 Å². The van der Waals surface area contributed by atoms with Crippen LogP contribution < -0.4 is 20.3 Å². The molecule has 0 fully saturated rings. The minimum absolute atomic E-state index is 0.346. The zero-order valence-electron chi connectivity index (χ0n) is 17.4. The SMILES string of the molecule is CCCOc1c(Cl)cc(C=CC(=O)NNC(=O)c2c(C)nc3ccccn23)cc1OC. The Morgan fingerprint density at radius 2 is 2.06 bits per heavy atom. The van der Waals surface area contributed by atoms with Gasteiger partial charge in [-0.3, -0.25) is 24.8 Å². The number of methoxy groups -OCH3 is 1. The lowest BCUT2D eigenvalue weighted by Crippen LogP contribution is -2.41. The van der Waals surface area contributed by atoms with E-state index in [1.807, 2.05) is 13.0 Å². The van der Waals surface area contributed by atoms with Crippen LogP contribution in [0.4, 0.5) is 0 Å². The van der Waals surface area contributed by atoms with Crippen LogP contribution in [0.15, 0.2) is 42.6 Å². The van der Waals surface area contributed by atoms with Gasteiger partial charge in [0.2, 0.25) is 0 Å². The van der Waals surface area contributed by atoms with Crippen molar-refractivity contribution in [1.29, 1.82) is 0 Å². The number of benzene rings is 1. The summed E-state index contributed by atoms with van der Waals surface area (Å²) in [6, 6.07) is 8.80. The Hall–Kier alpha value is -3.52. The molecule has 0 atom stereocenters. The first-order valence-electron chi connectivity index (χ1n) is 9.67. The van der Waals surface area contributed by atoms with Crippen molar-refractivity contribution in [2.45, 2.75) is 20.3 Å². The first kappa shape index (κ1) is 22.2. The lowest BCUT2D eigenvalue weighted by atomic mass is 10.2. The summed E-state index contributed by atoms with van der Waals surface area (Å²) < 4.78 is 12.6. The highest BCUT2D eigenvalue weighted by Crippen LogP contribution is 2.36. The number of hydrogen-bond acceptors (Lipinski definition) is 5. The molecule has 8 nitrogen and oxygen atoms in total. The van der Waals surface area contributed by atoms with Gasteiger partial charge in [0, 0.05) is 12.3 Å². The largest absolute Gasteiger partial charge is 0.493 e. The van der Waals surface area contributed by atoms with Gasteiger partial charge >= 0.3 is 0 Å². The van der Waals surface area contributed by atoms with Gasteiger partial charge in [-0.1, -0.05) is 24.6 Å². The number of amides is 2. The van der Waals surface area contributed by atoms with E-state index in [1.165, 1.54) is 13.2 Å². The summed E-state index contributed by atoms with van der Waals surface area (Å²) in [5.41, 5.74) is 6.95. The molecular weight excluding hydrogens is 420 g/mol. The molecule has 2 amide bonds. The zero-order valence-corrected chi connectivity index (χ0v) is 18.2. The summed E-state index contributed by atoms with van der Waals surface area (Å²) in [5, 5.41) is 0.379. The molecular formula is C22H23ClN4O4. The number of fused-ring (bicyclic) bond motifs is 1. The molecule has 2 N–H and O–H groups in total. The Bertz CT molecular complexity index is 1140. The molecule has 31 heavy (non-hydrogen) atoms. The molecule has 2 aromatic heterocycles. The molecule has 9 heteroatoms. The molecule has 0 aliphatic heterocycles. The van der Waals surface area contributed by atoms with Crippen molar-refractivity contribution in [3.05, 3.63) is 64.6 Å². The number of aryl methyl sites for hydroxylation is 1. The van der Waals surface area contributed by atoms with E-state index in [0.29, 0.717) is 45.7 Å². The molecule has 0 saturated heterocycles. The van der Waals surface area contributed by atoms with Gasteiger partial charge in [-0.15, -0.1) is 0 Å². The van der Waals surface area contributed by atoms with Gasteiger partial charge in [-0.2, -0.15) is 0 Å². The van der Waals surface area contributed by atoms with Crippen molar-refractivity contribution < 1.29 is 19.1 Å². The van der Waals surface area contributed by atoms with E-state index in [2.05, 4.69) is 15.8 Å². The van der Waals surface area contributed by atoms with Crippen molar-refractivity contribution in [3.63, 3.8) is 0 Å². The minimum atomic E-state index is -0.513. The maximum absolute atomic E-state index is 12.5. The first-order chi connectivity index (χ1) is 14.9. The van der Waals surface area contributed by atoms with Gasteiger partial charge in [0.05, 0.1) is 24.4 Å². The quantitative estimate of drug-likeness (QED) is 0.431. The second-order valence-corrected chi connectivity index (χ2v) is 7.04. The van der Waals surface area contributed by atoms with Gasteiger partial charge < -0.3 is 9.47 Å². The topological polar surface area (TPSA) is 94.0 Å². The third-order valence-electron chi connectivity index (χ3n) is 4.35. The van der Waals surface area contributed by atoms with Crippen molar-refractivity contribution in [3.8, 4) is 11.5 Å². The van der Waals surface area contributed by atoms with Gasteiger partial charge in [0.25, 0.3) is 11.8 Å². The van der Waals surface area contributed by atoms with E-state index in [4.69, 9.17) is 21.1 Å². The fourth-order valence-electron chi connectivity index (χ4n) is 2.96. The Kier molecular flexibility index (Phi) is 7.15. The Morgan fingerprint density at radius 1 is 1.26 bits per heavy atom. The van der Waals surface area contributed by atoms with Crippen LogP contribution in [0.3, 0.4) is 0 Å². The lowest BCUT2D eigenvalue weighted by molar-refractivity contribution is -0.117. The first-order valence-corrected chi connectivity index (χ1v) is 10.0. The molecule has 3 aromatic rings. The smallest absolute Gasteiger partial charge is 0.288 e. The van der Waals surface area contributed by atoms with Crippen molar-refractivity contribution in [2.75, 3.05) is 13.7 Å². The number of halogens is 1. The van der Waals surface area contributed by atoms with Gasteiger partial charge in [0.1, 0.15) is 11.3 Å². The molecule has 0 aliphatic carbocycles. The number of carbonyl (C=O) groups is 2. The number of rotatable bonds is 7. The van der Waals surface area contributed by atoms with Crippen LogP contribution in [0, 0.1) is 6.92 Å². The lowest BCUT2D eigenvalue weighted by Gasteiger charge is -2.12. The number of imidazole rings is 1. The number of ether oxygens (including phenoxy) is 2. The van der Waals surface area contributed by atoms with Crippen molar-refractivity contribution >= 4 is 35.1 Å². The standard InChI is InChI=1S/C22H23ClN4O4/c1-4-11-31-21-16(23)12-15(13-17(21)30-3)8-9-19(28)25-26-22(29)20-14(2)24-18-7-5-6-10-27(18)20/h5-10,12-13H,4,11H2,1-3H3,(H,25,28)(H,26,29). The number of hydrogen-bond donors (Lipinski definition) is 2. The number of pyridine rings is 1. The molecule has 0 unspecified atom stereocenters. The monoisotopic (exact) mass is 442 g/mol. The van der Waals surface area contributed by atoms with Crippen LogP contribution in [-0.4, -0.2) is 34.9 Å². The summed E-state index contributed by atoms with van der Waals surface area (Å²) in [7, 11) is 1.52. The number of hydrazine groups is 1. The molecule has 3 rings (SSSR count). The van der Waals surface area contributed by atoms with E-state index >= 15 is 0 Å². The van der Waals surface area contributed by atoms with Crippen molar-refractivity contribution in [1.82, 2.24) is 20.2 Å². The Labute approximate surface area is 184 Å². The summed E-state index contributed by atoms with van der Waals surface area (Å²) >= 11 is 6.28. The van der Waals surface area contributed by atoms with Gasteiger partial charge in [-0.25, -0.2) is 4.98 Å². The van der Waals surface area contributed by atoms with Crippen molar-refractivity contribution in [2.24, 2.45) is 0 Å². The Morgan fingerprint density at radius 3 is 2.81 bits per heavy atom. The number of nitrogens with one attached hydrogen (secondary N) is 2. The van der Waals surface area contributed by atoms with E-state index in [-0.39, 0.29) is 0 Å². The average Bonchev–Trinajstić information content (AvgIpc) is 3.10. The molecule has 162 valence electrons. The van der Waals surface area contributed by atoms with E-state index in [9.17, 15) is 9.59 Å². The number of nitrogens with zero attached hydrogens (tertiary/aromatic N) is 2. The zero-order chi connectivity index (χ0) is 22.4. The highest BCUT2D eigenvalue weighted by Gasteiger charge is 2.16. The van der Waals surface area contributed by atoms with Crippen LogP contribution in [0.5, 0.6) is 11.5 Å². The third kappa shape index (κ3) is 5.16. The normalized spacial score (nSPS) is 11.0. The second kappa shape index (κ2) is 9.99. The highest BCUT2D eigenvalue weighted by molar-refractivity contribution is 6.32.